The molecule has 0 aliphatic heterocycles. The number of hydrazone groups is 1. The predicted molar refractivity (Wildman–Crippen MR) is 98.8 cm³/mol. The third kappa shape index (κ3) is 6.69. The third-order valence-electron chi connectivity index (χ3n) is 3.52. The number of benzene rings is 2. The summed E-state index contributed by atoms with van der Waals surface area (Å²) >= 11 is 0. The van der Waals surface area contributed by atoms with Crippen LogP contribution in [0.1, 0.15) is 12.5 Å². The standard InChI is InChI=1S/C19H21N3O5/c1-13(14-3-7-17(8-4-14)27-12-19(24)25)21-22-18(23)11-20-15-5-9-16(26-2)10-6-15/h3-10,20H,11-12H2,1-2H3,(H,22,23)(H,24,25)/p-1/b21-13-. The summed E-state index contributed by atoms with van der Waals surface area (Å²) in [5.74, 6) is -0.438. The van der Waals surface area contributed by atoms with Crippen LogP contribution in [0.25, 0.3) is 0 Å². The van der Waals surface area contributed by atoms with Crippen LogP contribution in [0.4, 0.5) is 5.69 Å². The summed E-state index contributed by atoms with van der Waals surface area (Å²) in [5, 5.41) is 17.4. The van der Waals surface area contributed by atoms with Gasteiger partial charge in [-0.1, -0.05) is 0 Å². The zero-order chi connectivity index (χ0) is 19.6. The maximum absolute atomic E-state index is 11.9. The number of aliphatic carboxylic acids is 1. The highest BCUT2D eigenvalue weighted by Crippen LogP contribution is 2.14. The van der Waals surface area contributed by atoms with Gasteiger partial charge in [-0.05, 0) is 61.0 Å². The summed E-state index contributed by atoms with van der Waals surface area (Å²) in [4.78, 5) is 22.3. The average molecular weight is 370 g/mol. The molecule has 27 heavy (non-hydrogen) atoms. The van der Waals surface area contributed by atoms with Crippen molar-refractivity contribution >= 4 is 23.3 Å². The Bertz CT molecular complexity index is 801. The lowest BCUT2D eigenvalue weighted by atomic mass is 10.1. The lowest BCUT2D eigenvalue weighted by Crippen LogP contribution is -2.28. The topological polar surface area (TPSA) is 112 Å². The molecule has 2 rings (SSSR count). The molecule has 0 aliphatic carbocycles. The van der Waals surface area contributed by atoms with Gasteiger partial charge < -0.3 is 24.7 Å². The molecule has 142 valence electrons. The van der Waals surface area contributed by atoms with E-state index in [0.717, 1.165) is 17.0 Å². The van der Waals surface area contributed by atoms with Gasteiger partial charge in [0.25, 0.3) is 5.91 Å². The Morgan fingerprint density at radius 1 is 1.04 bits per heavy atom. The number of rotatable bonds is 9. The predicted octanol–water partition coefficient (Wildman–Crippen LogP) is 0.776. The highest BCUT2D eigenvalue weighted by Gasteiger charge is 2.03. The Morgan fingerprint density at radius 3 is 2.26 bits per heavy atom. The first-order valence-corrected chi connectivity index (χ1v) is 8.12. The van der Waals surface area contributed by atoms with E-state index in [-0.39, 0.29) is 12.5 Å². The smallest absolute Gasteiger partial charge is 0.259 e. The van der Waals surface area contributed by atoms with Crippen molar-refractivity contribution in [2.24, 2.45) is 5.10 Å². The van der Waals surface area contributed by atoms with Gasteiger partial charge in [-0.3, -0.25) is 4.79 Å². The largest absolute Gasteiger partial charge is 0.546 e. The third-order valence-corrected chi connectivity index (χ3v) is 3.52. The lowest BCUT2D eigenvalue weighted by Gasteiger charge is -2.08. The SMILES string of the molecule is COc1ccc(NCC(=O)N/N=C(/C)c2ccc(OCC(=O)[O-])cc2)cc1. The van der Waals surface area contributed by atoms with Crippen LogP contribution in [-0.2, 0) is 9.59 Å². The molecule has 8 nitrogen and oxygen atoms in total. The highest BCUT2D eigenvalue weighted by molar-refractivity contribution is 5.99. The van der Waals surface area contributed by atoms with Gasteiger partial charge in [0.05, 0.1) is 25.3 Å². The van der Waals surface area contributed by atoms with E-state index in [0.29, 0.717) is 11.5 Å². The molecule has 0 fully saturated rings. The number of carbonyl (C=O) groups excluding carboxylic acids is 2. The highest BCUT2D eigenvalue weighted by atomic mass is 16.5. The Hall–Kier alpha value is -3.55. The molecule has 0 saturated carbocycles. The molecule has 2 aromatic carbocycles. The van der Waals surface area contributed by atoms with Gasteiger partial charge >= 0.3 is 0 Å². The minimum atomic E-state index is -1.29. The number of carboxylic acids is 1. The molecule has 0 aromatic heterocycles. The summed E-state index contributed by atoms with van der Waals surface area (Å²) in [5.41, 5.74) is 4.62. The van der Waals surface area contributed by atoms with Crippen LogP contribution < -0.4 is 25.3 Å². The summed E-state index contributed by atoms with van der Waals surface area (Å²) in [6.07, 6.45) is 0. The Balaban J connectivity index is 1.82. The first-order valence-electron chi connectivity index (χ1n) is 8.12. The van der Waals surface area contributed by atoms with Crippen molar-refractivity contribution < 1.29 is 24.2 Å². The van der Waals surface area contributed by atoms with Gasteiger partial charge in [0.2, 0.25) is 0 Å². The van der Waals surface area contributed by atoms with Crippen molar-refractivity contribution in [2.75, 3.05) is 25.6 Å². The second kappa shape index (κ2) is 9.81. The van der Waals surface area contributed by atoms with Crippen molar-refractivity contribution in [1.82, 2.24) is 5.43 Å². The van der Waals surface area contributed by atoms with Crippen LogP contribution >= 0.6 is 0 Å². The Morgan fingerprint density at radius 2 is 1.67 bits per heavy atom. The molecule has 0 aliphatic rings. The lowest BCUT2D eigenvalue weighted by molar-refractivity contribution is -0.307. The minimum Gasteiger partial charge on any atom is -0.546 e. The number of methoxy groups -OCH3 is 1. The van der Waals surface area contributed by atoms with Gasteiger partial charge in [0, 0.05) is 5.69 Å². The number of nitrogens with zero attached hydrogens (tertiary/aromatic N) is 1. The number of hydrogen-bond acceptors (Lipinski definition) is 7. The number of carbonyl (C=O) groups is 2. The molecule has 8 heteroatoms. The number of carboxylic acid groups (broad SMARTS) is 1. The van der Waals surface area contributed by atoms with Gasteiger partial charge in [-0.25, -0.2) is 5.43 Å². The van der Waals surface area contributed by atoms with Crippen LogP contribution in [0, 0.1) is 0 Å². The Labute approximate surface area is 156 Å². The number of amides is 1. The number of anilines is 1. The fraction of sp³-hybridized carbons (Fsp3) is 0.211. The molecule has 0 bridgehead atoms. The molecule has 2 N–H and O–H groups in total. The van der Waals surface area contributed by atoms with Crippen LogP contribution in [0.15, 0.2) is 53.6 Å². The van der Waals surface area contributed by atoms with Gasteiger partial charge in [-0.2, -0.15) is 5.10 Å². The van der Waals surface area contributed by atoms with E-state index in [1.54, 1.807) is 50.4 Å². The second-order valence-corrected chi connectivity index (χ2v) is 5.50. The average Bonchev–Trinajstić information content (AvgIpc) is 2.69. The molecule has 0 atom stereocenters. The maximum Gasteiger partial charge on any atom is 0.259 e. The van der Waals surface area contributed by atoms with E-state index in [1.807, 2.05) is 12.1 Å². The fourth-order valence-electron chi connectivity index (χ4n) is 2.08. The van der Waals surface area contributed by atoms with Gasteiger partial charge in [0.1, 0.15) is 18.1 Å². The van der Waals surface area contributed by atoms with E-state index >= 15 is 0 Å². The van der Waals surface area contributed by atoms with E-state index in [1.165, 1.54) is 0 Å². The number of ether oxygens (including phenoxy) is 2. The first kappa shape index (κ1) is 19.8. The monoisotopic (exact) mass is 370 g/mol. The van der Waals surface area contributed by atoms with Crippen molar-refractivity contribution in [1.29, 1.82) is 0 Å². The van der Waals surface area contributed by atoms with E-state index in [9.17, 15) is 14.7 Å². The summed E-state index contributed by atoms with van der Waals surface area (Å²) in [6.45, 7) is 1.30. The van der Waals surface area contributed by atoms with E-state index in [2.05, 4.69) is 15.8 Å². The molecule has 1 amide bonds. The van der Waals surface area contributed by atoms with Crippen LogP contribution in [0.5, 0.6) is 11.5 Å². The molecule has 0 spiro atoms. The summed E-state index contributed by atoms with van der Waals surface area (Å²) in [7, 11) is 1.59. The first-order chi connectivity index (χ1) is 13.0. The fourth-order valence-corrected chi connectivity index (χ4v) is 2.08. The van der Waals surface area contributed by atoms with Crippen LogP contribution in [0.3, 0.4) is 0 Å². The normalized spacial score (nSPS) is 10.8. The summed E-state index contributed by atoms with van der Waals surface area (Å²) < 4.78 is 10.1. The van der Waals surface area contributed by atoms with Crippen molar-refractivity contribution in [3.05, 3.63) is 54.1 Å². The summed E-state index contributed by atoms with van der Waals surface area (Å²) in [6, 6.07) is 13.9. The quantitative estimate of drug-likeness (QED) is 0.498. The maximum atomic E-state index is 11.9. The molecule has 0 unspecified atom stereocenters. The minimum absolute atomic E-state index is 0.0686. The van der Waals surface area contributed by atoms with Crippen LogP contribution in [-0.4, -0.2) is 37.8 Å². The van der Waals surface area contributed by atoms with Gasteiger partial charge in [-0.15, -0.1) is 0 Å². The van der Waals surface area contributed by atoms with Crippen molar-refractivity contribution in [3.8, 4) is 11.5 Å². The van der Waals surface area contributed by atoms with Crippen LogP contribution in [0.2, 0.25) is 0 Å². The second-order valence-electron chi connectivity index (χ2n) is 5.50. The van der Waals surface area contributed by atoms with E-state index < -0.39 is 12.6 Å². The van der Waals surface area contributed by atoms with Crippen molar-refractivity contribution in [2.45, 2.75) is 6.92 Å². The molecular formula is C19H20N3O5-. The van der Waals surface area contributed by atoms with E-state index in [4.69, 9.17) is 9.47 Å². The molecule has 0 saturated heterocycles. The van der Waals surface area contributed by atoms with Gasteiger partial charge in [0.15, 0.2) is 0 Å². The number of nitrogens with one attached hydrogen (secondary N) is 2. The van der Waals surface area contributed by atoms with Crippen molar-refractivity contribution in [3.63, 3.8) is 0 Å². The molecular weight excluding hydrogens is 350 g/mol. The Kier molecular flexibility index (Phi) is 7.18. The number of hydrogen-bond donors (Lipinski definition) is 2. The zero-order valence-electron chi connectivity index (χ0n) is 15.0. The zero-order valence-corrected chi connectivity index (χ0v) is 15.0. The molecule has 0 radical (unpaired) electrons. The molecule has 2 aromatic rings. The molecule has 0 heterocycles.